The third-order valence-corrected chi connectivity index (χ3v) is 3.70. The van der Waals surface area contributed by atoms with Gasteiger partial charge in [-0.05, 0) is 29.8 Å². The summed E-state index contributed by atoms with van der Waals surface area (Å²) in [5, 5.41) is 12.9. The van der Waals surface area contributed by atoms with Crippen molar-refractivity contribution in [2.45, 2.75) is 12.5 Å². The molecule has 0 aromatic heterocycles. The van der Waals surface area contributed by atoms with Crippen molar-refractivity contribution in [1.82, 2.24) is 0 Å². The largest absolute Gasteiger partial charge is 0.508 e. The molecule has 0 spiro atoms. The van der Waals surface area contributed by atoms with Crippen LogP contribution in [0, 0.1) is 0 Å². The number of anilines is 2. The van der Waals surface area contributed by atoms with Gasteiger partial charge in [-0.15, -0.1) is 0 Å². The fourth-order valence-electron chi connectivity index (χ4n) is 2.51. The van der Waals surface area contributed by atoms with Gasteiger partial charge in [0.15, 0.2) is 0 Å². The Balaban J connectivity index is 1.69. The van der Waals surface area contributed by atoms with E-state index in [0.717, 1.165) is 24.4 Å². The molecule has 1 aliphatic heterocycles. The Morgan fingerprint density at radius 3 is 2.67 bits per heavy atom. The van der Waals surface area contributed by atoms with E-state index in [-0.39, 0.29) is 11.9 Å². The lowest BCUT2D eigenvalue weighted by molar-refractivity contribution is 0.205. The summed E-state index contributed by atoms with van der Waals surface area (Å²) in [5.74, 6) is 0.947. The van der Waals surface area contributed by atoms with Gasteiger partial charge in [0.1, 0.15) is 17.6 Å². The van der Waals surface area contributed by atoms with Crippen LogP contribution in [0.25, 0.3) is 0 Å². The van der Waals surface area contributed by atoms with E-state index < -0.39 is 0 Å². The summed E-state index contributed by atoms with van der Waals surface area (Å²) in [6.07, 6.45) is 0.917. The predicted molar refractivity (Wildman–Crippen MR) is 85.5 cm³/mol. The maximum absolute atomic E-state index is 9.53. The fourth-order valence-corrected chi connectivity index (χ4v) is 2.51. The van der Waals surface area contributed by atoms with Crippen molar-refractivity contribution in [3.8, 4) is 11.5 Å². The molecule has 1 atom stereocenters. The molecule has 1 aliphatic rings. The molecule has 0 saturated heterocycles. The summed E-state index contributed by atoms with van der Waals surface area (Å²) in [6.45, 7) is 0.771. The van der Waals surface area contributed by atoms with Gasteiger partial charge in [0.25, 0.3) is 0 Å². The van der Waals surface area contributed by atoms with Crippen molar-refractivity contribution in [3.05, 3.63) is 48.0 Å². The molecule has 110 valence electrons. The summed E-state index contributed by atoms with van der Waals surface area (Å²) in [7, 11) is 4.07. The third kappa shape index (κ3) is 3.05. The van der Waals surface area contributed by atoms with Crippen LogP contribution in [0.2, 0.25) is 0 Å². The lowest BCUT2D eigenvalue weighted by atomic mass is 10.1. The van der Waals surface area contributed by atoms with Crippen molar-refractivity contribution in [3.63, 3.8) is 0 Å². The summed E-state index contributed by atoms with van der Waals surface area (Å²) >= 11 is 0. The summed E-state index contributed by atoms with van der Waals surface area (Å²) in [5.41, 5.74) is 3.37. The van der Waals surface area contributed by atoms with E-state index in [4.69, 9.17) is 4.74 Å². The number of phenols is 1. The minimum absolute atomic E-state index is 0.0736. The number of rotatable bonds is 3. The zero-order valence-corrected chi connectivity index (χ0v) is 12.3. The average molecular weight is 284 g/mol. The standard InChI is InChI=1S/C17H20N2O2/c1-19(2)13-5-3-12(4-6-13)9-15-11-18-16-8-7-14(20)10-17(16)21-15/h3-8,10,15,18,20H,9,11H2,1-2H3. The van der Waals surface area contributed by atoms with Crippen LogP contribution in [0.3, 0.4) is 0 Å². The zero-order chi connectivity index (χ0) is 14.8. The van der Waals surface area contributed by atoms with Gasteiger partial charge >= 0.3 is 0 Å². The first kappa shape index (κ1) is 13.6. The SMILES string of the molecule is CN(C)c1ccc(CC2CNc3ccc(O)cc3O2)cc1. The molecule has 0 aliphatic carbocycles. The van der Waals surface area contributed by atoms with Crippen LogP contribution in [-0.2, 0) is 6.42 Å². The molecule has 0 radical (unpaired) electrons. The Hall–Kier alpha value is -2.36. The van der Waals surface area contributed by atoms with E-state index in [9.17, 15) is 5.11 Å². The van der Waals surface area contributed by atoms with E-state index in [1.54, 1.807) is 12.1 Å². The Morgan fingerprint density at radius 2 is 1.95 bits per heavy atom. The van der Waals surface area contributed by atoms with Crippen LogP contribution in [0.4, 0.5) is 11.4 Å². The topological polar surface area (TPSA) is 44.7 Å². The lowest BCUT2D eigenvalue weighted by Gasteiger charge is -2.27. The highest BCUT2D eigenvalue weighted by molar-refractivity contribution is 5.60. The molecular formula is C17H20N2O2. The van der Waals surface area contributed by atoms with Crippen LogP contribution >= 0.6 is 0 Å². The van der Waals surface area contributed by atoms with Crippen LogP contribution in [0.1, 0.15) is 5.56 Å². The van der Waals surface area contributed by atoms with E-state index >= 15 is 0 Å². The smallest absolute Gasteiger partial charge is 0.146 e. The first-order valence-electron chi connectivity index (χ1n) is 7.11. The summed E-state index contributed by atoms with van der Waals surface area (Å²) in [4.78, 5) is 2.08. The molecule has 0 saturated carbocycles. The average Bonchev–Trinajstić information content (AvgIpc) is 2.47. The first-order valence-corrected chi connectivity index (χ1v) is 7.11. The maximum Gasteiger partial charge on any atom is 0.146 e. The number of aromatic hydroxyl groups is 1. The monoisotopic (exact) mass is 284 g/mol. The molecule has 0 amide bonds. The fraction of sp³-hybridized carbons (Fsp3) is 0.294. The van der Waals surface area contributed by atoms with Gasteiger partial charge in [0, 0.05) is 32.3 Å². The molecule has 2 aromatic rings. The van der Waals surface area contributed by atoms with Crippen molar-refractivity contribution in [2.75, 3.05) is 30.9 Å². The highest BCUT2D eigenvalue weighted by Crippen LogP contribution is 2.32. The number of benzene rings is 2. The van der Waals surface area contributed by atoms with Crippen LogP contribution < -0.4 is 15.0 Å². The summed E-state index contributed by atoms with van der Waals surface area (Å²) in [6, 6.07) is 13.7. The highest BCUT2D eigenvalue weighted by atomic mass is 16.5. The van der Waals surface area contributed by atoms with Crippen LogP contribution in [-0.4, -0.2) is 31.9 Å². The van der Waals surface area contributed by atoms with Crippen molar-refractivity contribution in [1.29, 1.82) is 0 Å². The molecule has 1 unspecified atom stereocenters. The quantitative estimate of drug-likeness (QED) is 0.851. The molecule has 2 aromatic carbocycles. The van der Waals surface area contributed by atoms with Gasteiger partial charge in [0.2, 0.25) is 0 Å². The second-order valence-corrected chi connectivity index (χ2v) is 5.57. The Kier molecular flexibility index (Phi) is 3.60. The van der Waals surface area contributed by atoms with Crippen molar-refractivity contribution in [2.24, 2.45) is 0 Å². The van der Waals surface area contributed by atoms with E-state index in [0.29, 0.717) is 0 Å². The lowest BCUT2D eigenvalue weighted by Crippen LogP contribution is -2.32. The van der Waals surface area contributed by atoms with E-state index in [2.05, 4.69) is 34.5 Å². The van der Waals surface area contributed by atoms with Gasteiger partial charge in [-0.3, -0.25) is 0 Å². The number of hydrogen-bond acceptors (Lipinski definition) is 4. The van der Waals surface area contributed by atoms with E-state index in [1.165, 1.54) is 11.3 Å². The van der Waals surface area contributed by atoms with Crippen molar-refractivity contribution >= 4 is 11.4 Å². The normalized spacial score (nSPS) is 16.6. The molecule has 21 heavy (non-hydrogen) atoms. The molecule has 0 bridgehead atoms. The molecule has 2 N–H and O–H groups in total. The number of phenolic OH excluding ortho intramolecular Hbond substituents is 1. The van der Waals surface area contributed by atoms with Gasteiger partial charge in [-0.2, -0.15) is 0 Å². The molecule has 4 nitrogen and oxygen atoms in total. The third-order valence-electron chi connectivity index (χ3n) is 3.70. The van der Waals surface area contributed by atoms with Gasteiger partial charge in [-0.25, -0.2) is 0 Å². The number of nitrogens with one attached hydrogen (secondary N) is 1. The van der Waals surface area contributed by atoms with E-state index in [1.807, 2.05) is 20.2 Å². The highest BCUT2D eigenvalue weighted by Gasteiger charge is 2.19. The Bertz CT molecular complexity index is 623. The number of fused-ring (bicyclic) bond motifs is 1. The zero-order valence-electron chi connectivity index (χ0n) is 12.3. The number of hydrogen-bond donors (Lipinski definition) is 2. The number of ether oxygens (including phenoxy) is 1. The molecule has 3 rings (SSSR count). The predicted octanol–water partition coefficient (Wildman–Crippen LogP) is 2.87. The summed E-state index contributed by atoms with van der Waals surface area (Å²) < 4.78 is 5.96. The Labute approximate surface area is 125 Å². The number of nitrogens with zero attached hydrogens (tertiary/aromatic N) is 1. The first-order chi connectivity index (χ1) is 10.1. The van der Waals surface area contributed by atoms with Gasteiger partial charge in [0.05, 0.1) is 12.2 Å². The molecule has 4 heteroatoms. The molecule has 1 heterocycles. The minimum atomic E-state index is 0.0736. The van der Waals surface area contributed by atoms with Crippen molar-refractivity contribution < 1.29 is 9.84 Å². The minimum Gasteiger partial charge on any atom is -0.508 e. The maximum atomic E-state index is 9.53. The molecular weight excluding hydrogens is 264 g/mol. The Morgan fingerprint density at radius 1 is 1.19 bits per heavy atom. The second-order valence-electron chi connectivity index (χ2n) is 5.57. The van der Waals surface area contributed by atoms with Gasteiger partial charge in [-0.1, -0.05) is 12.1 Å². The van der Waals surface area contributed by atoms with Gasteiger partial charge < -0.3 is 20.1 Å². The van der Waals surface area contributed by atoms with Crippen LogP contribution in [0.15, 0.2) is 42.5 Å². The van der Waals surface area contributed by atoms with Crippen LogP contribution in [0.5, 0.6) is 11.5 Å². The molecule has 0 fully saturated rings. The second kappa shape index (κ2) is 5.56.